The zero-order valence-corrected chi connectivity index (χ0v) is 16.5. The van der Waals surface area contributed by atoms with Gasteiger partial charge in [-0.05, 0) is 49.6 Å². The van der Waals surface area contributed by atoms with Gasteiger partial charge in [-0.3, -0.25) is 9.59 Å². The van der Waals surface area contributed by atoms with Gasteiger partial charge in [-0.25, -0.2) is 9.69 Å². The van der Waals surface area contributed by atoms with Gasteiger partial charge in [0.05, 0.1) is 0 Å². The summed E-state index contributed by atoms with van der Waals surface area (Å²) in [5.41, 5.74) is 4.73. The zero-order chi connectivity index (χ0) is 20.4. The van der Waals surface area contributed by atoms with Crippen LogP contribution in [0.4, 0.5) is 10.5 Å². The number of hydrogen-bond donors (Lipinski definition) is 2. The van der Waals surface area contributed by atoms with Crippen LogP contribution in [-0.2, 0) is 23.1 Å². The molecule has 1 aliphatic heterocycles. The first kappa shape index (κ1) is 19.4. The van der Waals surface area contributed by atoms with E-state index in [-0.39, 0.29) is 12.2 Å². The normalized spacial score (nSPS) is 15.3. The monoisotopic (exact) mass is 380 g/mol. The molecule has 0 saturated carbocycles. The van der Waals surface area contributed by atoms with Crippen LogP contribution in [0.1, 0.15) is 29.4 Å². The first-order valence-corrected chi connectivity index (χ1v) is 9.17. The molecule has 7 heteroatoms. The maximum atomic E-state index is 12.6. The summed E-state index contributed by atoms with van der Waals surface area (Å²) in [6.07, 6.45) is 2.41. The van der Waals surface area contributed by atoms with Crippen LogP contribution >= 0.6 is 0 Å². The second-order valence-corrected chi connectivity index (χ2v) is 6.82. The van der Waals surface area contributed by atoms with Gasteiger partial charge >= 0.3 is 6.03 Å². The Kier molecular flexibility index (Phi) is 5.35. The van der Waals surface area contributed by atoms with Crippen LogP contribution in [0.25, 0.3) is 6.08 Å². The fourth-order valence-corrected chi connectivity index (χ4v) is 3.19. The Morgan fingerprint density at radius 2 is 1.93 bits per heavy atom. The third-order valence-corrected chi connectivity index (χ3v) is 5.05. The number of carbonyl (C=O) groups is 3. The molecule has 7 nitrogen and oxygen atoms in total. The number of hydrogen-bond acceptors (Lipinski definition) is 3. The van der Waals surface area contributed by atoms with Gasteiger partial charge in [0.25, 0.3) is 5.91 Å². The van der Waals surface area contributed by atoms with E-state index in [1.807, 2.05) is 56.7 Å². The van der Waals surface area contributed by atoms with E-state index >= 15 is 0 Å². The van der Waals surface area contributed by atoms with Gasteiger partial charge in [-0.1, -0.05) is 25.1 Å². The molecule has 2 aromatic rings. The van der Waals surface area contributed by atoms with Crippen molar-refractivity contribution in [3.8, 4) is 0 Å². The Morgan fingerprint density at radius 1 is 1.21 bits per heavy atom. The van der Waals surface area contributed by atoms with Gasteiger partial charge < -0.3 is 15.2 Å². The number of nitrogens with one attached hydrogen (secondary N) is 2. The minimum atomic E-state index is -0.597. The van der Waals surface area contributed by atoms with E-state index in [0.717, 1.165) is 33.8 Å². The topological polar surface area (TPSA) is 83.4 Å². The maximum absolute atomic E-state index is 12.6. The Morgan fingerprint density at radius 3 is 2.57 bits per heavy atom. The number of aromatic nitrogens is 1. The number of urea groups is 1. The number of anilines is 1. The van der Waals surface area contributed by atoms with Crippen LogP contribution in [0.3, 0.4) is 0 Å². The molecule has 0 radical (unpaired) electrons. The molecular formula is C21H24N4O3. The van der Waals surface area contributed by atoms with Crippen molar-refractivity contribution >= 4 is 29.6 Å². The van der Waals surface area contributed by atoms with E-state index in [1.165, 1.54) is 0 Å². The van der Waals surface area contributed by atoms with Crippen molar-refractivity contribution in [3.05, 3.63) is 58.5 Å². The SMILES string of the molecule is CCc1ccccc1NC(=O)CN1C(=O)N/C(=C/c2cc(C)n(C)c2C)C1=O. The van der Waals surface area contributed by atoms with E-state index in [0.29, 0.717) is 5.69 Å². The smallest absolute Gasteiger partial charge is 0.329 e. The molecule has 2 heterocycles. The molecule has 0 aliphatic carbocycles. The molecule has 4 amide bonds. The lowest BCUT2D eigenvalue weighted by molar-refractivity contribution is -0.127. The summed E-state index contributed by atoms with van der Waals surface area (Å²) in [6.45, 7) is 5.56. The second kappa shape index (κ2) is 7.72. The molecule has 1 fully saturated rings. The molecule has 1 aromatic carbocycles. The van der Waals surface area contributed by atoms with E-state index in [1.54, 1.807) is 12.1 Å². The molecule has 0 spiro atoms. The molecular weight excluding hydrogens is 356 g/mol. The summed E-state index contributed by atoms with van der Waals surface area (Å²) < 4.78 is 2.00. The molecule has 0 bridgehead atoms. The van der Waals surface area contributed by atoms with Crippen molar-refractivity contribution in [3.63, 3.8) is 0 Å². The number of aryl methyl sites for hydroxylation is 2. The van der Waals surface area contributed by atoms with Gasteiger partial charge in [0, 0.05) is 24.1 Å². The summed E-state index contributed by atoms with van der Waals surface area (Å²) in [7, 11) is 1.94. The molecule has 1 aromatic heterocycles. The molecule has 28 heavy (non-hydrogen) atoms. The summed E-state index contributed by atoms with van der Waals surface area (Å²) in [6, 6.07) is 8.80. The van der Waals surface area contributed by atoms with Crippen molar-refractivity contribution in [2.45, 2.75) is 27.2 Å². The van der Waals surface area contributed by atoms with Gasteiger partial charge in [0.15, 0.2) is 0 Å². The van der Waals surface area contributed by atoms with Crippen LogP contribution < -0.4 is 10.6 Å². The molecule has 146 valence electrons. The molecule has 0 atom stereocenters. The number of para-hydroxylation sites is 1. The van der Waals surface area contributed by atoms with Gasteiger partial charge in [-0.2, -0.15) is 0 Å². The molecule has 3 rings (SSSR count). The largest absolute Gasteiger partial charge is 0.352 e. The maximum Gasteiger partial charge on any atom is 0.329 e. The fraction of sp³-hybridized carbons (Fsp3) is 0.286. The van der Waals surface area contributed by atoms with E-state index < -0.39 is 17.8 Å². The van der Waals surface area contributed by atoms with Crippen LogP contribution in [0, 0.1) is 13.8 Å². The van der Waals surface area contributed by atoms with Crippen LogP contribution in [0.2, 0.25) is 0 Å². The average molecular weight is 380 g/mol. The highest BCUT2D eigenvalue weighted by Crippen LogP contribution is 2.20. The van der Waals surface area contributed by atoms with Crippen molar-refractivity contribution in [2.24, 2.45) is 7.05 Å². The lowest BCUT2D eigenvalue weighted by atomic mass is 10.1. The second-order valence-electron chi connectivity index (χ2n) is 6.82. The average Bonchev–Trinajstić information content (AvgIpc) is 3.07. The van der Waals surface area contributed by atoms with Crippen molar-refractivity contribution in [2.75, 3.05) is 11.9 Å². The molecule has 1 saturated heterocycles. The van der Waals surface area contributed by atoms with Crippen LogP contribution in [-0.4, -0.2) is 33.9 Å². The number of nitrogens with zero attached hydrogens (tertiary/aromatic N) is 2. The van der Waals surface area contributed by atoms with Gasteiger partial charge in [0.2, 0.25) is 5.91 Å². The Balaban J connectivity index is 1.74. The lowest BCUT2D eigenvalue weighted by Crippen LogP contribution is -2.38. The highest BCUT2D eigenvalue weighted by molar-refractivity contribution is 6.16. The minimum Gasteiger partial charge on any atom is -0.352 e. The number of carbonyl (C=O) groups excluding carboxylic acids is 3. The van der Waals surface area contributed by atoms with E-state index in [9.17, 15) is 14.4 Å². The van der Waals surface area contributed by atoms with E-state index in [2.05, 4.69) is 10.6 Å². The highest BCUT2D eigenvalue weighted by Gasteiger charge is 2.35. The molecule has 1 aliphatic rings. The molecule has 2 N–H and O–H groups in total. The fourth-order valence-electron chi connectivity index (χ4n) is 3.19. The summed E-state index contributed by atoms with van der Waals surface area (Å²) in [4.78, 5) is 38.1. The van der Waals surface area contributed by atoms with Crippen molar-refractivity contribution < 1.29 is 14.4 Å². The summed E-state index contributed by atoms with van der Waals surface area (Å²) >= 11 is 0. The predicted molar refractivity (Wildman–Crippen MR) is 108 cm³/mol. The quantitative estimate of drug-likeness (QED) is 0.618. The van der Waals surface area contributed by atoms with Crippen molar-refractivity contribution in [1.82, 2.24) is 14.8 Å². The first-order valence-electron chi connectivity index (χ1n) is 9.17. The van der Waals surface area contributed by atoms with Crippen LogP contribution in [0.5, 0.6) is 0 Å². The zero-order valence-electron chi connectivity index (χ0n) is 16.5. The third kappa shape index (κ3) is 3.69. The first-order chi connectivity index (χ1) is 13.3. The summed E-state index contributed by atoms with van der Waals surface area (Å²) in [5, 5.41) is 5.34. The third-order valence-electron chi connectivity index (χ3n) is 5.05. The van der Waals surface area contributed by atoms with E-state index in [4.69, 9.17) is 0 Å². The van der Waals surface area contributed by atoms with Gasteiger partial charge in [-0.15, -0.1) is 0 Å². The lowest BCUT2D eigenvalue weighted by Gasteiger charge is -2.13. The predicted octanol–water partition coefficient (Wildman–Crippen LogP) is 2.74. The number of amides is 4. The number of benzene rings is 1. The summed E-state index contributed by atoms with van der Waals surface area (Å²) in [5.74, 6) is -0.929. The minimum absolute atomic E-state index is 0.167. The molecule has 0 unspecified atom stereocenters. The van der Waals surface area contributed by atoms with Crippen LogP contribution in [0.15, 0.2) is 36.0 Å². The number of rotatable bonds is 5. The Hall–Kier alpha value is -3.35. The Bertz CT molecular complexity index is 988. The number of imide groups is 1. The van der Waals surface area contributed by atoms with Crippen molar-refractivity contribution in [1.29, 1.82) is 0 Å². The Labute approximate surface area is 164 Å². The highest BCUT2D eigenvalue weighted by atomic mass is 16.2. The van der Waals surface area contributed by atoms with Gasteiger partial charge in [0.1, 0.15) is 12.2 Å². The standard InChI is InChI=1S/C21H24N4O3/c1-5-15-8-6-7-9-17(15)22-19(26)12-25-20(27)18(23-21(25)28)11-16-10-13(2)24(4)14(16)3/h6-11H,5,12H2,1-4H3,(H,22,26)(H,23,28)/b18-11+.